The molecule has 146 valence electrons. The molecule has 0 radical (unpaired) electrons. The van der Waals surface area contributed by atoms with Gasteiger partial charge in [-0.15, -0.1) is 0 Å². The van der Waals surface area contributed by atoms with Gasteiger partial charge >= 0.3 is 0 Å². The van der Waals surface area contributed by atoms with E-state index >= 15 is 0 Å². The van der Waals surface area contributed by atoms with Crippen molar-refractivity contribution in [3.05, 3.63) is 24.3 Å². The fourth-order valence-corrected chi connectivity index (χ4v) is 4.61. The summed E-state index contributed by atoms with van der Waals surface area (Å²) in [5.41, 5.74) is 5.76. The van der Waals surface area contributed by atoms with Crippen molar-refractivity contribution >= 4 is 15.9 Å². The van der Waals surface area contributed by atoms with Gasteiger partial charge in [0.2, 0.25) is 15.9 Å². The van der Waals surface area contributed by atoms with Crippen molar-refractivity contribution in [3.63, 3.8) is 0 Å². The van der Waals surface area contributed by atoms with Crippen molar-refractivity contribution in [1.29, 1.82) is 0 Å². The standard InChI is InChI=1S/C18H29N3O4S/c1-12(2)17(18(22)20-16-6-4-5-13(16)11-19)21-26(23,24)15-9-7-14(25-3)8-10-15/h7-10,12-13,16-17,21H,4-6,11,19H2,1-3H3,(H,20,22). The first-order chi connectivity index (χ1) is 12.3. The maximum absolute atomic E-state index is 12.7. The van der Waals surface area contributed by atoms with E-state index in [1.54, 1.807) is 12.1 Å². The lowest BCUT2D eigenvalue weighted by Crippen LogP contribution is -2.53. The molecule has 0 bridgehead atoms. The van der Waals surface area contributed by atoms with E-state index in [0.29, 0.717) is 12.3 Å². The van der Waals surface area contributed by atoms with Gasteiger partial charge in [-0.25, -0.2) is 8.42 Å². The normalized spacial score (nSPS) is 21.6. The minimum atomic E-state index is -3.82. The van der Waals surface area contributed by atoms with Crippen LogP contribution in [0.25, 0.3) is 0 Å². The second kappa shape index (κ2) is 8.83. The number of benzene rings is 1. The van der Waals surface area contributed by atoms with Gasteiger partial charge in [-0.05, 0) is 55.5 Å². The average molecular weight is 384 g/mol. The van der Waals surface area contributed by atoms with Crippen LogP contribution in [0.4, 0.5) is 0 Å². The topological polar surface area (TPSA) is 111 Å². The van der Waals surface area contributed by atoms with E-state index in [1.165, 1.54) is 19.2 Å². The van der Waals surface area contributed by atoms with Gasteiger partial charge in [-0.1, -0.05) is 20.3 Å². The van der Waals surface area contributed by atoms with E-state index < -0.39 is 16.1 Å². The number of rotatable bonds is 8. The number of ether oxygens (including phenoxy) is 1. The molecule has 3 atom stereocenters. The van der Waals surface area contributed by atoms with E-state index in [4.69, 9.17) is 10.5 Å². The van der Waals surface area contributed by atoms with Crippen LogP contribution in [-0.2, 0) is 14.8 Å². The van der Waals surface area contributed by atoms with Gasteiger partial charge in [0.05, 0.1) is 12.0 Å². The largest absolute Gasteiger partial charge is 0.497 e. The summed E-state index contributed by atoms with van der Waals surface area (Å²) in [4.78, 5) is 12.8. The zero-order valence-electron chi connectivity index (χ0n) is 15.6. The molecule has 3 unspecified atom stereocenters. The summed E-state index contributed by atoms with van der Waals surface area (Å²) in [6, 6.07) is 5.23. The number of amides is 1. The molecule has 1 aliphatic rings. The molecule has 1 aromatic rings. The first-order valence-corrected chi connectivity index (χ1v) is 10.4. The Morgan fingerprint density at radius 2 is 1.92 bits per heavy atom. The van der Waals surface area contributed by atoms with E-state index in [0.717, 1.165) is 19.3 Å². The smallest absolute Gasteiger partial charge is 0.241 e. The van der Waals surface area contributed by atoms with Crippen LogP contribution in [0.5, 0.6) is 5.75 Å². The van der Waals surface area contributed by atoms with Gasteiger partial charge in [0.15, 0.2) is 0 Å². The van der Waals surface area contributed by atoms with Gasteiger partial charge in [-0.3, -0.25) is 4.79 Å². The molecule has 26 heavy (non-hydrogen) atoms. The minimum absolute atomic E-state index is 0.0132. The monoisotopic (exact) mass is 383 g/mol. The molecule has 1 amide bonds. The minimum Gasteiger partial charge on any atom is -0.497 e. The number of carbonyl (C=O) groups is 1. The predicted molar refractivity (Wildman–Crippen MR) is 100 cm³/mol. The van der Waals surface area contributed by atoms with Crippen LogP contribution in [-0.4, -0.2) is 40.1 Å². The Bertz CT molecular complexity index is 704. The van der Waals surface area contributed by atoms with E-state index in [2.05, 4.69) is 10.0 Å². The molecule has 2 rings (SSSR count). The zero-order valence-corrected chi connectivity index (χ0v) is 16.4. The van der Waals surface area contributed by atoms with Crippen molar-refractivity contribution in [1.82, 2.24) is 10.0 Å². The van der Waals surface area contributed by atoms with Crippen LogP contribution in [0.2, 0.25) is 0 Å². The number of methoxy groups -OCH3 is 1. The molecule has 7 nitrogen and oxygen atoms in total. The lowest BCUT2D eigenvalue weighted by atomic mass is 10.0. The first-order valence-electron chi connectivity index (χ1n) is 8.95. The lowest BCUT2D eigenvalue weighted by molar-refractivity contribution is -0.124. The van der Waals surface area contributed by atoms with Crippen molar-refractivity contribution in [3.8, 4) is 5.75 Å². The average Bonchev–Trinajstić information content (AvgIpc) is 3.06. The summed E-state index contributed by atoms with van der Waals surface area (Å²) in [6.45, 7) is 4.15. The quantitative estimate of drug-likeness (QED) is 0.625. The van der Waals surface area contributed by atoms with Crippen LogP contribution < -0.4 is 20.5 Å². The number of hydrogen-bond donors (Lipinski definition) is 3. The molecular weight excluding hydrogens is 354 g/mol. The molecule has 4 N–H and O–H groups in total. The Hall–Kier alpha value is -1.64. The summed E-state index contributed by atoms with van der Waals surface area (Å²) < 4.78 is 32.9. The summed E-state index contributed by atoms with van der Waals surface area (Å²) >= 11 is 0. The zero-order chi connectivity index (χ0) is 19.3. The summed E-state index contributed by atoms with van der Waals surface area (Å²) in [6.07, 6.45) is 2.89. The van der Waals surface area contributed by atoms with Crippen LogP contribution in [0.1, 0.15) is 33.1 Å². The Kier molecular flexibility index (Phi) is 7.02. The van der Waals surface area contributed by atoms with E-state index in [-0.39, 0.29) is 28.7 Å². The van der Waals surface area contributed by atoms with Crippen LogP contribution in [0, 0.1) is 11.8 Å². The number of carbonyl (C=O) groups excluding carboxylic acids is 1. The highest BCUT2D eigenvalue weighted by molar-refractivity contribution is 7.89. The predicted octanol–water partition coefficient (Wildman–Crippen LogP) is 1.24. The second-order valence-electron chi connectivity index (χ2n) is 7.06. The highest BCUT2D eigenvalue weighted by Crippen LogP contribution is 2.25. The van der Waals surface area contributed by atoms with Gasteiger partial charge in [-0.2, -0.15) is 4.72 Å². The molecule has 0 saturated heterocycles. The fourth-order valence-electron chi connectivity index (χ4n) is 3.26. The molecular formula is C18H29N3O4S. The maximum atomic E-state index is 12.7. The number of sulfonamides is 1. The molecule has 1 fully saturated rings. The maximum Gasteiger partial charge on any atom is 0.241 e. The molecule has 1 aliphatic carbocycles. The van der Waals surface area contributed by atoms with Crippen LogP contribution in [0.15, 0.2) is 29.2 Å². The Balaban J connectivity index is 2.11. The first kappa shape index (κ1) is 20.7. The third-order valence-corrected chi connectivity index (χ3v) is 6.35. The van der Waals surface area contributed by atoms with Gasteiger partial charge in [0.25, 0.3) is 0 Å². The second-order valence-corrected chi connectivity index (χ2v) is 8.77. The van der Waals surface area contributed by atoms with Crippen molar-refractivity contribution < 1.29 is 17.9 Å². The van der Waals surface area contributed by atoms with Crippen molar-refractivity contribution in [2.45, 2.75) is 50.1 Å². The highest BCUT2D eigenvalue weighted by Gasteiger charge is 2.33. The van der Waals surface area contributed by atoms with Gasteiger partial charge < -0.3 is 15.8 Å². The lowest BCUT2D eigenvalue weighted by Gasteiger charge is -2.26. The summed E-state index contributed by atoms with van der Waals surface area (Å²) in [5.74, 6) is 0.323. The molecule has 8 heteroatoms. The van der Waals surface area contributed by atoms with Crippen molar-refractivity contribution in [2.24, 2.45) is 17.6 Å². The Labute approximate surface area is 155 Å². The molecule has 0 heterocycles. The number of nitrogens with one attached hydrogen (secondary N) is 2. The molecule has 0 aliphatic heterocycles. The van der Waals surface area contributed by atoms with Crippen LogP contribution >= 0.6 is 0 Å². The third-order valence-electron chi connectivity index (χ3n) is 4.89. The van der Waals surface area contributed by atoms with Crippen molar-refractivity contribution in [2.75, 3.05) is 13.7 Å². The molecule has 0 aromatic heterocycles. The number of nitrogens with two attached hydrogens (primary N) is 1. The molecule has 1 saturated carbocycles. The van der Waals surface area contributed by atoms with Crippen LogP contribution in [0.3, 0.4) is 0 Å². The Morgan fingerprint density at radius 1 is 1.27 bits per heavy atom. The molecule has 1 aromatic carbocycles. The highest BCUT2D eigenvalue weighted by atomic mass is 32.2. The van der Waals surface area contributed by atoms with Gasteiger partial charge in [0, 0.05) is 6.04 Å². The number of hydrogen-bond acceptors (Lipinski definition) is 5. The SMILES string of the molecule is COc1ccc(S(=O)(=O)NC(C(=O)NC2CCCC2CN)C(C)C)cc1. The fraction of sp³-hybridized carbons (Fsp3) is 0.611. The Morgan fingerprint density at radius 3 is 2.46 bits per heavy atom. The summed E-state index contributed by atoms with van der Waals surface area (Å²) in [7, 11) is -2.31. The summed E-state index contributed by atoms with van der Waals surface area (Å²) in [5, 5.41) is 2.99. The van der Waals surface area contributed by atoms with E-state index in [9.17, 15) is 13.2 Å². The third kappa shape index (κ3) is 4.96. The van der Waals surface area contributed by atoms with Gasteiger partial charge in [0.1, 0.15) is 11.8 Å². The van der Waals surface area contributed by atoms with E-state index in [1.807, 2.05) is 13.8 Å². The molecule has 0 spiro atoms.